The second kappa shape index (κ2) is 7.95. The number of primary amides is 1. The van der Waals surface area contributed by atoms with Crippen molar-refractivity contribution in [3.63, 3.8) is 0 Å². The van der Waals surface area contributed by atoms with Crippen molar-refractivity contribution >= 4 is 5.91 Å². The Morgan fingerprint density at radius 3 is 2.39 bits per heavy atom. The summed E-state index contributed by atoms with van der Waals surface area (Å²) in [4.78, 5) is 13.7. The number of nitrogens with zero attached hydrogens (tertiary/aromatic N) is 1. The molecule has 3 fully saturated rings. The number of rotatable bonds is 5. The van der Waals surface area contributed by atoms with Crippen LogP contribution in [0.4, 0.5) is 0 Å². The Bertz CT molecular complexity index is 388. The number of hydrogen-bond acceptors (Lipinski definition) is 4. The maximum atomic E-state index is 11.5. The van der Waals surface area contributed by atoms with E-state index in [1.165, 1.54) is 44.9 Å². The molecule has 0 aromatic rings. The average molecular weight is 324 g/mol. The van der Waals surface area contributed by atoms with Crippen molar-refractivity contribution in [1.82, 2.24) is 4.90 Å². The third-order valence-corrected chi connectivity index (χ3v) is 5.86. The van der Waals surface area contributed by atoms with Gasteiger partial charge in [-0.25, -0.2) is 0 Å². The van der Waals surface area contributed by atoms with Gasteiger partial charge in [0.2, 0.25) is 5.91 Å². The van der Waals surface area contributed by atoms with E-state index < -0.39 is 0 Å². The minimum atomic E-state index is -0.237. The Morgan fingerprint density at radius 1 is 1.04 bits per heavy atom. The van der Waals surface area contributed by atoms with Gasteiger partial charge in [0, 0.05) is 25.8 Å². The molecule has 2 aliphatic heterocycles. The summed E-state index contributed by atoms with van der Waals surface area (Å²) in [5.41, 5.74) is 5.61. The van der Waals surface area contributed by atoms with Crippen molar-refractivity contribution in [3.8, 4) is 0 Å². The largest absolute Gasteiger partial charge is 0.381 e. The molecule has 3 rings (SSSR count). The van der Waals surface area contributed by atoms with Crippen LogP contribution in [0, 0.1) is 0 Å². The van der Waals surface area contributed by atoms with E-state index in [0.717, 1.165) is 39.0 Å². The predicted octanol–water partition coefficient (Wildman–Crippen LogP) is 2.22. The van der Waals surface area contributed by atoms with E-state index in [9.17, 15) is 4.79 Å². The van der Waals surface area contributed by atoms with E-state index in [1.54, 1.807) is 0 Å². The molecule has 2 saturated heterocycles. The number of carbonyl (C=O) groups excluding carboxylic acids is 1. The average Bonchev–Trinajstić information content (AvgIpc) is 2.78. The minimum absolute atomic E-state index is 0.134. The fraction of sp³-hybridized carbons (Fsp3) is 0.944. The molecule has 1 unspecified atom stereocenters. The predicted molar refractivity (Wildman–Crippen MR) is 89.1 cm³/mol. The molecular formula is C18H32N2O3. The molecule has 1 saturated carbocycles. The van der Waals surface area contributed by atoms with Gasteiger partial charge < -0.3 is 15.2 Å². The second-order valence-corrected chi connectivity index (χ2v) is 7.62. The summed E-state index contributed by atoms with van der Waals surface area (Å²) in [5, 5.41) is 0. The summed E-state index contributed by atoms with van der Waals surface area (Å²) >= 11 is 0. The van der Waals surface area contributed by atoms with Gasteiger partial charge in [-0.15, -0.1) is 0 Å². The van der Waals surface area contributed by atoms with Crippen LogP contribution in [-0.4, -0.2) is 54.9 Å². The van der Waals surface area contributed by atoms with Crippen molar-refractivity contribution in [1.29, 1.82) is 0 Å². The van der Waals surface area contributed by atoms with Gasteiger partial charge >= 0.3 is 0 Å². The molecular weight excluding hydrogens is 292 g/mol. The molecule has 2 N–H and O–H groups in total. The molecule has 132 valence electrons. The fourth-order valence-electron chi connectivity index (χ4n) is 4.62. The molecule has 3 aliphatic rings. The zero-order chi connectivity index (χ0) is 16.1. The lowest BCUT2D eigenvalue weighted by Gasteiger charge is -2.36. The normalized spacial score (nSPS) is 29.0. The van der Waals surface area contributed by atoms with Gasteiger partial charge in [-0.1, -0.05) is 25.7 Å². The van der Waals surface area contributed by atoms with Crippen molar-refractivity contribution in [2.45, 2.75) is 82.0 Å². The zero-order valence-electron chi connectivity index (χ0n) is 14.3. The highest BCUT2D eigenvalue weighted by Gasteiger charge is 2.41. The van der Waals surface area contributed by atoms with Gasteiger partial charge in [-0.2, -0.15) is 0 Å². The maximum absolute atomic E-state index is 11.5. The van der Waals surface area contributed by atoms with Gasteiger partial charge in [-0.05, 0) is 38.5 Å². The Balaban J connectivity index is 1.57. The zero-order valence-corrected chi connectivity index (χ0v) is 14.3. The quantitative estimate of drug-likeness (QED) is 0.842. The Labute approximate surface area is 139 Å². The summed E-state index contributed by atoms with van der Waals surface area (Å²) in [6.07, 6.45) is 12.3. The van der Waals surface area contributed by atoms with Gasteiger partial charge in [0.15, 0.2) is 0 Å². The van der Waals surface area contributed by atoms with Crippen LogP contribution < -0.4 is 5.73 Å². The maximum Gasteiger partial charge on any atom is 0.231 e. The number of ether oxygens (including phenoxy) is 2. The number of nitrogens with two attached hydrogens (primary N) is 1. The summed E-state index contributed by atoms with van der Waals surface area (Å²) in [6, 6.07) is 0.408. The van der Waals surface area contributed by atoms with Gasteiger partial charge in [0.25, 0.3) is 0 Å². The monoisotopic (exact) mass is 324 g/mol. The Morgan fingerprint density at radius 2 is 1.74 bits per heavy atom. The molecule has 1 spiro atoms. The number of amides is 1. The molecule has 5 nitrogen and oxygen atoms in total. The fourth-order valence-corrected chi connectivity index (χ4v) is 4.62. The van der Waals surface area contributed by atoms with Crippen LogP contribution in [0.2, 0.25) is 0 Å². The van der Waals surface area contributed by atoms with Gasteiger partial charge in [0.05, 0.1) is 18.2 Å². The lowest BCUT2D eigenvalue weighted by atomic mass is 9.91. The van der Waals surface area contributed by atoms with E-state index in [1.807, 2.05) is 0 Å². The highest BCUT2D eigenvalue weighted by molar-refractivity contribution is 5.75. The number of carbonyl (C=O) groups is 1. The van der Waals surface area contributed by atoms with Crippen LogP contribution in [0.25, 0.3) is 0 Å². The molecule has 0 aromatic carbocycles. The SMILES string of the molecule is NC(=O)CN(CC1CCC2(CCCCCC2)O1)C1CCOCC1. The van der Waals surface area contributed by atoms with E-state index >= 15 is 0 Å². The van der Waals surface area contributed by atoms with Crippen LogP contribution in [0.3, 0.4) is 0 Å². The van der Waals surface area contributed by atoms with Crippen molar-refractivity contribution in [2.75, 3.05) is 26.3 Å². The molecule has 23 heavy (non-hydrogen) atoms. The van der Waals surface area contributed by atoms with Crippen molar-refractivity contribution in [3.05, 3.63) is 0 Å². The second-order valence-electron chi connectivity index (χ2n) is 7.62. The topological polar surface area (TPSA) is 64.8 Å². The molecule has 5 heteroatoms. The van der Waals surface area contributed by atoms with Crippen LogP contribution >= 0.6 is 0 Å². The van der Waals surface area contributed by atoms with Crippen LogP contribution in [0.5, 0.6) is 0 Å². The number of hydrogen-bond donors (Lipinski definition) is 1. The first-order valence-corrected chi connectivity index (χ1v) is 9.45. The minimum Gasteiger partial charge on any atom is -0.381 e. The highest BCUT2D eigenvalue weighted by Crippen LogP contribution is 2.41. The lowest BCUT2D eigenvalue weighted by Crippen LogP contribution is -2.47. The van der Waals surface area contributed by atoms with Crippen molar-refractivity contribution in [2.24, 2.45) is 5.73 Å². The van der Waals surface area contributed by atoms with Crippen molar-refractivity contribution < 1.29 is 14.3 Å². The lowest BCUT2D eigenvalue weighted by molar-refractivity contribution is -0.121. The molecule has 2 heterocycles. The standard InChI is InChI=1S/C18H32N2O3/c19-17(21)14-20(15-6-11-22-12-7-15)13-16-5-10-18(23-16)8-3-1-2-4-9-18/h15-16H,1-14H2,(H2,19,21). The molecule has 1 amide bonds. The molecule has 1 aliphatic carbocycles. The van der Waals surface area contributed by atoms with Gasteiger partial charge in [-0.3, -0.25) is 9.69 Å². The van der Waals surface area contributed by atoms with Gasteiger partial charge in [0.1, 0.15) is 0 Å². The van der Waals surface area contributed by atoms with E-state index in [4.69, 9.17) is 15.2 Å². The summed E-state index contributed by atoms with van der Waals surface area (Å²) < 4.78 is 12.0. The highest BCUT2D eigenvalue weighted by atomic mass is 16.5. The summed E-state index contributed by atoms with van der Waals surface area (Å²) in [7, 11) is 0. The summed E-state index contributed by atoms with van der Waals surface area (Å²) in [5.74, 6) is -0.237. The van der Waals surface area contributed by atoms with Crippen LogP contribution in [-0.2, 0) is 14.3 Å². The first-order valence-electron chi connectivity index (χ1n) is 9.45. The van der Waals surface area contributed by atoms with E-state index in [-0.39, 0.29) is 17.6 Å². The van der Waals surface area contributed by atoms with Crippen LogP contribution in [0.1, 0.15) is 64.2 Å². The Kier molecular flexibility index (Phi) is 5.94. The third kappa shape index (κ3) is 4.68. The third-order valence-electron chi connectivity index (χ3n) is 5.86. The first-order chi connectivity index (χ1) is 11.2. The summed E-state index contributed by atoms with van der Waals surface area (Å²) in [6.45, 7) is 2.76. The molecule has 1 atom stereocenters. The van der Waals surface area contributed by atoms with Crippen LogP contribution in [0.15, 0.2) is 0 Å². The first kappa shape index (κ1) is 17.2. The Hall–Kier alpha value is -0.650. The smallest absolute Gasteiger partial charge is 0.231 e. The van der Waals surface area contributed by atoms with E-state index in [2.05, 4.69) is 4.90 Å². The molecule has 0 bridgehead atoms. The van der Waals surface area contributed by atoms with E-state index in [0.29, 0.717) is 12.6 Å². The molecule has 0 radical (unpaired) electrons. The molecule has 0 aromatic heterocycles.